The van der Waals surface area contributed by atoms with Crippen LogP contribution in [-0.2, 0) is 16.6 Å². The first-order valence-electron chi connectivity index (χ1n) is 11.8. The lowest BCUT2D eigenvalue weighted by atomic mass is 9.73. The summed E-state index contributed by atoms with van der Waals surface area (Å²) in [7, 11) is 0. The van der Waals surface area contributed by atoms with Gasteiger partial charge in [0.15, 0.2) is 5.82 Å². The van der Waals surface area contributed by atoms with Crippen LogP contribution in [0.15, 0.2) is 59.4 Å². The van der Waals surface area contributed by atoms with Crippen molar-refractivity contribution in [2.45, 2.75) is 56.8 Å². The zero-order valence-corrected chi connectivity index (χ0v) is 18.4. The van der Waals surface area contributed by atoms with Crippen LogP contribution in [0.5, 0.6) is 0 Å². The number of rotatable bonds is 8. The highest BCUT2D eigenvalue weighted by molar-refractivity contribution is 5.76. The van der Waals surface area contributed by atoms with Crippen LogP contribution in [0.1, 0.15) is 56.3 Å². The summed E-state index contributed by atoms with van der Waals surface area (Å²) in [6.45, 7) is 1.55. The van der Waals surface area contributed by atoms with E-state index in [1.807, 2.05) is 23.1 Å². The summed E-state index contributed by atoms with van der Waals surface area (Å²) in [4.78, 5) is 23.7. The first-order chi connectivity index (χ1) is 15.7. The molecular formula is C26H30N4O2. The van der Waals surface area contributed by atoms with Gasteiger partial charge in [-0.1, -0.05) is 48.3 Å². The third kappa shape index (κ3) is 4.74. The number of aromatic nitrogens is 3. The number of benzene rings is 1. The molecule has 3 aromatic rings. The first kappa shape index (κ1) is 20.9. The summed E-state index contributed by atoms with van der Waals surface area (Å²) in [5.74, 6) is 2.39. The molecule has 0 N–H and O–H groups in total. The average molecular weight is 431 g/mol. The fraction of sp³-hybridized carbons (Fsp3) is 0.462. The Bertz CT molecular complexity index is 1020. The van der Waals surface area contributed by atoms with E-state index >= 15 is 0 Å². The van der Waals surface area contributed by atoms with Crippen LogP contribution in [-0.4, -0.2) is 39.0 Å². The Labute approximate surface area is 189 Å². The minimum atomic E-state index is -0.0865. The third-order valence-corrected chi connectivity index (χ3v) is 6.98. The SMILES string of the molecule is O=C(CCCc1ccccc1)N1CCC(CC2CC2)(c2noc(-c3ccncc3)n2)CC1. The molecule has 1 amide bonds. The molecule has 0 bridgehead atoms. The fourth-order valence-corrected chi connectivity index (χ4v) is 4.87. The number of piperidine rings is 1. The molecule has 166 valence electrons. The summed E-state index contributed by atoms with van der Waals surface area (Å²) in [6, 6.07) is 14.2. The second-order valence-electron chi connectivity index (χ2n) is 9.31. The lowest BCUT2D eigenvalue weighted by molar-refractivity contribution is -0.133. The molecule has 0 atom stereocenters. The number of aryl methyl sites for hydroxylation is 1. The van der Waals surface area contributed by atoms with Gasteiger partial charge in [-0.05, 0) is 55.7 Å². The van der Waals surface area contributed by atoms with Crippen molar-refractivity contribution < 1.29 is 9.32 Å². The minimum absolute atomic E-state index is 0.0865. The van der Waals surface area contributed by atoms with Crippen molar-refractivity contribution in [2.75, 3.05) is 13.1 Å². The lowest BCUT2D eigenvalue weighted by Gasteiger charge is -2.40. The van der Waals surface area contributed by atoms with Gasteiger partial charge in [-0.3, -0.25) is 9.78 Å². The van der Waals surface area contributed by atoms with Crippen molar-refractivity contribution in [2.24, 2.45) is 5.92 Å². The van der Waals surface area contributed by atoms with E-state index in [0.717, 1.165) is 62.5 Å². The molecule has 0 spiro atoms. The van der Waals surface area contributed by atoms with Crippen LogP contribution < -0.4 is 0 Å². The summed E-state index contributed by atoms with van der Waals surface area (Å²) >= 11 is 0. The predicted molar refractivity (Wildman–Crippen MR) is 122 cm³/mol. The molecule has 32 heavy (non-hydrogen) atoms. The van der Waals surface area contributed by atoms with Gasteiger partial charge in [0.1, 0.15) is 0 Å². The molecule has 0 radical (unpaired) electrons. The molecule has 1 aliphatic heterocycles. The summed E-state index contributed by atoms with van der Waals surface area (Å²) in [5, 5.41) is 4.41. The monoisotopic (exact) mass is 430 g/mol. The third-order valence-electron chi connectivity index (χ3n) is 6.98. The standard InChI is InChI=1S/C26H30N4O2/c31-23(8-4-7-20-5-2-1-3-6-20)30-17-13-26(14-18-30,19-21-9-10-21)25-28-24(32-29-25)22-11-15-27-16-12-22/h1-3,5-6,11-12,15-16,21H,4,7-10,13-14,17-19H2. The van der Waals surface area contributed by atoms with Crippen LogP contribution in [0.25, 0.3) is 11.5 Å². The summed E-state index contributed by atoms with van der Waals surface area (Å²) in [5.41, 5.74) is 2.10. The summed E-state index contributed by atoms with van der Waals surface area (Å²) in [6.07, 6.45) is 11.4. The Hall–Kier alpha value is -3.02. The van der Waals surface area contributed by atoms with Crippen molar-refractivity contribution in [3.8, 4) is 11.5 Å². The number of hydrogen-bond donors (Lipinski definition) is 0. The van der Waals surface area contributed by atoms with Crippen molar-refractivity contribution in [1.82, 2.24) is 20.0 Å². The molecule has 6 nitrogen and oxygen atoms in total. The number of hydrogen-bond acceptors (Lipinski definition) is 5. The van der Waals surface area contributed by atoms with Gasteiger partial charge >= 0.3 is 0 Å². The highest BCUT2D eigenvalue weighted by Gasteiger charge is 2.44. The van der Waals surface area contributed by atoms with Crippen molar-refractivity contribution in [3.63, 3.8) is 0 Å². The maximum Gasteiger partial charge on any atom is 0.258 e. The van der Waals surface area contributed by atoms with Gasteiger partial charge in [-0.15, -0.1) is 0 Å². The largest absolute Gasteiger partial charge is 0.343 e. The van der Waals surface area contributed by atoms with Gasteiger partial charge in [0.2, 0.25) is 5.91 Å². The van der Waals surface area contributed by atoms with Gasteiger partial charge in [0, 0.05) is 42.9 Å². The Morgan fingerprint density at radius 2 is 1.81 bits per heavy atom. The zero-order valence-electron chi connectivity index (χ0n) is 18.4. The molecule has 1 aliphatic carbocycles. The predicted octanol–water partition coefficient (Wildman–Crippen LogP) is 4.81. The highest BCUT2D eigenvalue weighted by atomic mass is 16.5. The molecule has 1 saturated carbocycles. The van der Waals surface area contributed by atoms with Crippen molar-refractivity contribution in [3.05, 3.63) is 66.2 Å². The molecule has 1 saturated heterocycles. The van der Waals surface area contributed by atoms with Crippen molar-refractivity contribution in [1.29, 1.82) is 0 Å². The minimum Gasteiger partial charge on any atom is -0.343 e. The average Bonchev–Trinajstić information content (AvgIpc) is 3.50. The van der Waals surface area contributed by atoms with Gasteiger partial charge in [-0.25, -0.2) is 0 Å². The molecule has 2 fully saturated rings. The summed E-state index contributed by atoms with van der Waals surface area (Å²) < 4.78 is 5.63. The van der Waals surface area contributed by atoms with E-state index in [1.165, 1.54) is 18.4 Å². The topological polar surface area (TPSA) is 72.1 Å². The maximum atomic E-state index is 12.8. The van der Waals surface area contributed by atoms with Crippen LogP contribution in [0, 0.1) is 5.92 Å². The lowest BCUT2D eigenvalue weighted by Crippen LogP contribution is -2.46. The van der Waals surface area contributed by atoms with Gasteiger partial charge in [-0.2, -0.15) is 4.98 Å². The molecule has 2 aromatic heterocycles. The normalized spacial score (nSPS) is 17.9. The van der Waals surface area contributed by atoms with Crippen LogP contribution in [0.4, 0.5) is 0 Å². The Kier molecular flexibility index (Phi) is 6.02. The van der Waals surface area contributed by atoms with Crippen LogP contribution in [0.3, 0.4) is 0 Å². The van der Waals surface area contributed by atoms with Gasteiger partial charge in [0.05, 0.1) is 0 Å². The van der Waals surface area contributed by atoms with Gasteiger partial charge in [0.25, 0.3) is 5.89 Å². The Morgan fingerprint density at radius 3 is 2.53 bits per heavy atom. The quantitative estimate of drug-likeness (QED) is 0.513. The number of carbonyl (C=O) groups excluding carboxylic acids is 1. The molecule has 6 heteroatoms. The number of pyridine rings is 1. The van der Waals surface area contributed by atoms with E-state index in [9.17, 15) is 4.79 Å². The fourth-order valence-electron chi connectivity index (χ4n) is 4.87. The molecule has 2 aliphatic rings. The molecule has 0 unspecified atom stereocenters. The van der Waals surface area contributed by atoms with E-state index in [1.54, 1.807) is 12.4 Å². The van der Waals surface area contributed by atoms with Crippen molar-refractivity contribution >= 4 is 5.91 Å². The second-order valence-corrected chi connectivity index (χ2v) is 9.31. The van der Waals surface area contributed by atoms with E-state index in [0.29, 0.717) is 12.3 Å². The Morgan fingerprint density at radius 1 is 1.06 bits per heavy atom. The molecule has 5 rings (SSSR count). The number of amides is 1. The molecule has 3 heterocycles. The van der Waals surface area contributed by atoms with E-state index in [-0.39, 0.29) is 11.3 Å². The molecular weight excluding hydrogens is 400 g/mol. The number of likely N-dealkylation sites (tertiary alicyclic amines) is 1. The first-order valence-corrected chi connectivity index (χ1v) is 11.8. The van der Waals surface area contributed by atoms with E-state index in [2.05, 4.69) is 34.4 Å². The zero-order chi connectivity index (χ0) is 21.8. The number of carbonyl (C=O) groups is 1. The number of nitrogens with zero attached hydrogens (tertiary/aromatic N) is 4. The van der Waals surface area contributed by atoms with Crippen LogP contribution in [0.2, 0.25) is 0 Å². The van der Waals surface area contributed by atoms with Gasteiger partial charge < -0.3 is 9.42 Å². The molecule has 1 aromatic carbocycles. The van der Waals surface area contributed by atoms with E-state index in [4.69, 9.17) is 9.51 Å². The smallest absolute Gasteiger partial charge is 0.258 e. The second kappa shape index (κ2) is 9.23. The van der Waals surface area contributed by atoms with E-state index < -0.39 is 0 Å². The maximum absolute atomic E-state index is 12.8. The highest BCUT2D eigenvalue weighted by Crippen LogP contribution is 2.46. The van der Waals surface area contributed by atoms with Crippen LogP contribution >= 0.6 is 0 Å². The Balaban J connectivity index is 1.22.